The molecule has 1 aliphatic rings. The molecular formula is C20H20O8. The number of ether oxygens (including phenoxy) is 2. The number of carbonyl (C=O) groups excluding carboxylic acids is 2. The molecule has 2 aromatic rings. The second-order valence-corrected chi connectivity index (χ2v) is 6.38. The summed E-state index contributed by atoms with van der Waals surface area (Å²) in [5, 5.41) is 40.9. The number of aliphatic hydroxyl groups excluding tert-OH is 4. The molecule has 1 heterocycles. The summed E-state index contributed by atoms with van der Waals surface area (Å²) in [7, 11) is 0. The van der Waals surface area contributed by atoms with E-state index in [1.165, 1.54) is 24.3 Å². The Morgan fingerprint density at radius 3 is 1.96 bits per heavy atom. The van der Waals surface area contributed by atoms with Crippen LogP contribution in [0.15, 0.2) is 60.7 Å². The molecule has 0 aromatic heterocycles. The average molecular weight is 388 g/mol. The van der Waals surface area contributed by atoms with Gasteiger partial charge in [-0.1, -0.05) is 48.5 Å². The molecule has 1 aliphatic heterocycles. The molecule has 0 amide bonds. The minimum atomic E-state index is -2.58. The second-order valence-electron chi connectivity index (χ2n) is 6.38. The molecule has 8 nitrogen and oxygen atoms in total. The summed E-state index contributed by atoms with van der Waals surface area (Å²) in [6, 6.07) is 15.3. The van der Waals surface area contributed by atoms with E-state index in [-0.39, 0.29) is 11.1 Å². The summed E-state index contributed by atoms with van der Waals surface area (Å²) in [5.41, 5.74) is -2.48. The maximum Gasteiger partial charge on any atom is 0.339 e. The highest BCUT2D eigenvalue weighted by atomic mass is 16.7. The van der Waals surface area contributed by atoms with Crippen LogP contribution in [0.3, 0.4) is 0 Å². The van der Waals surface area contributed by atoms with Gasteiger partial charge >= 0.3 is 5.97 Å². The maximum atomic E-state index is 13.3. The summed E-state index contributed by atoms with van der Waals surface area (Å²) in [4.78, 5) is 25.9. The van der Waals surface area contributed by atoms with E-state index in [4.69, 9.17) is 9.47 Å². The lowest BCUT2D eigenvalue weighted by molar-refractivity contribution is -0.305. The first-order valence-corrected chi connectivity index (χ1v) is 8.60. The molecule has 0 spiro atoms. The fourth-order valence-electron chi connectivity index (χ4n) is 3.17. The van der Waals surface area contributed by atoms with Crippen molar-refractivity contribution in [1.82, 2.24) is 0 Å². The van der Waals surface area contributed by atoms with E-state index in [1.54, 1.807) is 36.4 Å². The Labute approximate surface area is 160 Å². The van der Waals surface area contributed by atoms with Crippen LogP contribution in [-0.2, 0) is 9.47 Å². The summed E-state index contributed by atoms with van der Waals surface area (Å²) in [5.74, 6) is -1.92. The van der Waals surface area contributed by atoms with Gasteiger partial charge in [0.05, 0.1) is 12.2 Å². The zero-order valence-electron chi connectivity index (χ0n) is 14.7. The lowest BCUT2D eigenvalue weighted by Crippen LogP contribution is -2.72. The molecule has 5 atom stereocenters. The summed E-state index contributed by atoms with van der Waals surface area (Å²) >= 11 is 0. The van der Waals surface area contributed by atoms with E-state index in [0.29, 0.717) is 0 Å². The van der Waals surface area contributed by atoms with Crippen molar-refractivity contribution in [2.24, 2.45) is 0 Å². The number of Topliss-reactive ketones (excluding diaryl/α,β-unsaturated/α-hetero) is 1. The Morgan fingerprint density at radius 1 is 0.893 bits per heavy atom. The molecule has 2 aromatic carbocycles. The molecule has 1 saturated heterocycles. The summed E-state index contributed by atoms with van der Waals surface area (Å²) in [6.07, 6.45) is -7.46. The van der Waals surface area contributed by atoms with Gasteiger partial charge in [0.2, 0.25) is 11.4 Å². The first-order chi connectivity index (χ1) is 13.4. The number of esters is 1. The molecular weight excluding hydrogens is 368 g/mol. The third-order valence-electron chi connectivity index (χ3n) is 4.66. The number of aliphatic hydroxyl groups is 4. The summed E-state index contributed by atoms with van der Waals surface area (Å²) < 4.78 is 10.3. The first kappa shape index (κ1) is 20.1. The van der Waals surface area contributed by atoms with E-state index in [0.717, 1.165) is 0 Å². The van der Waals surface area contributed by atoms with Gasteiger partial charge in [0.1, 0.15) is 12.2 Å². The predicted molar refractivity (Wildman–Crippen MR) is 95.3 cm³/mol. The van der Waals surface area contributed by atoms with Crippen molar-refractivity contribution >= 4 is 11.8 Å². The highest BCUT2D eigenvalue weighted by Crippen LogP contribution is 2.36. The van der Waals surface area contributed by atoms with E-state index < -0.39 is 48.6 Å². The van der Waals surface area contributed by atoms with E-state index in [1.807, 2.05) is 0 Å². The van der Waals surface area contributed by atoms with Gasteiger partial charge in [-0.2, -0.15) is 0 Å². The largest absolute Gasteiger partial charge is 0.441 e. The van der Waals surface area contributed by atoms with Crippen LogP contribution in [0.5, 0.6) is 0 Å². The number of carbonyl (C=O) groups is 2. The van der Waals surface area contributed by atoms with Gasteiger partial charge in [-0.05, 0) is 12.1 Å². The molecule has 0 aliphatic carbocycles. The van der Waals surface area contributed by atoms with Crippen LogP contribution in [0.4, 0.5) is 0 Å². The zero-order chi connectivity index (χ0) is 20.3. The van der Waals surface area contributed by atoms with Crippen molar-refractivity contribution in [3.63, 3.8) is 0 Å². The minimum Gasteiger partial charge on any atom is -0.441 e. The van der Waals surface area contributed by atoms with Crippen molar-refractivity contribution in [2.75, 3.05) is 6.61 Å². The van der Waals surface area contributed by atoms with Gasteiger partial charge < -0.3 is 29.9 Å². The van der Waals surface area contributed by atoms with Gasteiger partial charge in [-0.15, -0.1) is 0 Å². The van der Waals surface area contributed by atoms with Crippen LogP contribution in [0.2, 0.25) is 0 Å². The van der Waals surface area contributed by atoms with Gasteiger partial charge in [0.15, 0.2) is 12.4 Å². The molecule has 148 valence electrons. The molecule has 0 bridgehead atoms. The minimum absolute atomic E-state index is 0.0345. The van der Waals surface area contributed by atoms with E-state index in [9.17, 15) is 30.0 Å². The van der Waals surface area contributed by atoms with Crippen LogP contribution in [0, 0.1) is 0 Å². The fourth-order valence-corrected chi connectivity index (χ4v) is 3.17. The predicted octanol–water partition coefficient (Wildman–Crippen LogP) is -0.104. The SMILES string of the molecule is O=C(O[C@@]1(C(=O)c2ccccc2)[C@H](O)[C@@H](CO)O[C@H](O)[C@@H]1O)c1ccccc1. The zero-order valence-corrected chi connectivity index (χ0v) is 14.7. The number of hydrogen-bond donors (Lipinski definition) is 4. The monoisotopic (exact) mass is 388 g/mol. The quantitative estimate of drug-likeness (QED) is 0.412. The van der Waals surface area contributed by atoms with Crippen LogP contribution in [0.1, 0.15) is 20.7 Å². The molecule has 0 unspecified atom stereocenters. The van der Waals surface area contributed by atoms with Crippen molar-refractivity contribution in [3.8, 4) is 0 Å². The molecule has 3 rings (SSSR count). The van der Waals surface area contributed by atoms with Crippen LogP contribution >= 0.6 is 0 Å². The Balaban J connectivity index is 2.10. The lowest BCUT2D eigenvalue weighted by atomic mass is 9.78. The normalized spacial score (nSPS) is 29.9. The number of hydrogen-bond acceptors (Lipinski definition) is 8. The molecule has 1 fully saturated rings. The third kappa shape index (κ3) is 3.44. The molecule has 4 N–H and O–H groups in total. The number of benzene rings is 2. The van der Waals surface area contributed by atoms with Crippen molar-refractivity contribution in [3.05, 3.63) is 71.8 Å². The van der Waals surface area contributed by atoms with E-state index >= 15 is 0 Å². The second kappa shape index (κ2) is 8.17. The third-order valence-corrected chi connectivity index (χ3v) is 4.66. The smallest absolute Gasteiger partial charge is 0.339 e. The fraction of sp³-hybridized carbons (Fsp3) is 0.300. The van der Waals surface area contributed by atoms with Gasteiger partial charge in [-0.25, -0.2) is 4.79 Å². The first-order valence-electron chi connectivity index (χ1n) is 8.60. The molecule has 0 radical (unpaired) electrons. The Hall–Kier alpha value is -2.62. The van der Waals surface area contributed by atoms with Crippen LogP contribution < -0.4 is 0 Å². The maximum absolute atomic E-state index is 13.3. The van der Waals surface area contributed by atoms with Gasteiger partial charge in [0, 0.05) is 5.56 Å². The van der Waals surface area contributed by atoms with Gasteiger partial charge in [0.25, 0.3) is 0 Å². The highest BCUT2D eigenvalue weighted by Gasteiger charge is 2.63. The standard InChI is InChI=1S/C20H20O8/c21-11-14-16(23)20(17(24)19(26)27-14,15(22)12-7-3-1-4-8-12)28-18(25)13-9-5-2-6-10-13/h1-10,14,16-17,19,21,23-24,26H,11H2/t14-,16-,17+,19+,20+/m1/s1. The van der Waals surface area contributed by atoms with Crippen molar-refractivity contribution in [1.29, 1.82) is 0 Å². The van der Waals surface area contributed by atoms with Crippen molar-refractivity contribution < 1.29 is 39.5 Å². The van der Waals surface area contributed by atoms with Crippen LogP contribution in [0.25, 0.3) is 0 Å². The lowest BCUT2D eigenvalue weighted by Gasteiger charge is -2.47. The van der Waals surface area contributed by atoms with Crippen LogP contribution in [-0.4, -0.2) is 69.0 Å². The van der Waals surface area contributed by atoms with E-state index in [2.05, 4.69) is 0 Å². The van der Waals surface area contributed by atoms with Gasteiger partial charge in [-0.3, -0.25) is 4.79 Å². The topological polar surface area (TPSA) is 134 Å². The Morgan fingerprint density at radius 2 is 1.43 bits per heavy atom. The molecule has 28 heavy (non-hydrogen) atoms. The Bertz CT molecular complexity index is 825. The Kier molecular flexibility index (Phi) is 5.87. The number of rotatable bonds is 5. The average Bonchev–Trinajstić information content (AvgIpc) is 2.74. The highest BCUT2D eigenvalue weighted by molar-refractivity contribution is 6.05. The van der Waals surface area contributed by atoms with Crippen molar-refractivity contribution in [2.45, 2.75) is 30.2 Å². The number of ketones is 1. The summed E-state index contributed by atoms with van der Waals surface area (Å²) in [6.45, 7) is -0.780. The molecule has 8 heteroatoms. The molecule has 0 saturated carbocycles.